The van der Waals surface area contributed by atoms with Gasteiger partial charge in [0.2, 0.25) is 0 Å². The lowest BCUT2D eigenvalue weighted by Crippen LogP contribution is -2.26. The van der Waals surface area contributed by atoms with Crippen LogP contribution in [-0.2, 0) is 12.7 Å². The lowest BCUT2D eigenvalue weighted by molar-refractivity contribution is -0.138. The average molecular weight is 377 g/mol. The van der Waals surface area contributed by atoms with Gasteiger partial charge in [-0.15, -0.1) is 0 Å². The molecule has 0 radical (unpaired) electrons. The maximum Gasteiger partial charge on any atom is 0.419 e. The van der Waals surface area contributed by atoms with Crippen LogP contribution >= 0.6 is 0 Å². The van der Waals surface area contributed by atoms with E-state index in [-0.39, 0.29) is 17.9 Å². The molecule has 2 aromatic carbocycles. The first kappa shape index (κ1) is 18.8. The highest BCUT2D eigenvalue weighted by Gasteiger charge is 2.34. The van der Waals surface area contributed by atoms with Crippen LogP contribution in [0.1, 0.15) is 28.4 Å². The zero-order valence-electron chi connectivity index (χ0n) is 14.8. The first-order chi connectivity index (χ1) is 12.8. The maximum absolute atomic E-state index is 13.1. The van der Waals surface area contributed by atoms with E-state index in [2.05, 4.69) is 10.2 Å². The summed E-state index contributed by atoms with van der Waals surface area (Å²) in [5.41, 5.74) is 0.964. The molecule has 0 aliphatic heterocycles. The van der Waals surface area contributed by atoms with Crippen molar-refractivity contribution in [2.75, 3.05) is 13.7 Å². The normalized spacial score (nSPS) is 11.6. The Morgan fingerprint density at radius 3 is 2.70 bits per heavy atom. The molecule has 1 aromatic heterocycles. The lowest BCUT2D eigenvalue weighted by Gasteiger charge is -2.19. The fraction of sp³-hybridized carbons (Fsp3) is 0.263. The Bertz CT molecular complexity index is 966. The summed E-state index contributed by atoms with van der Waals surface area (Å²) < 4.78 is 44.3. The van der Waals surface area contributed by atoms with Gasteiger partial charge in [-0.1, -0.05) is 12.1 Å². The number of nitrogens with zero attached hydrogens (tertiary/aromatic N) is 2. The van der Waals surface area contributed by atoms with Crippen LogP contribution < -0.4 is 4.74 Å². The van der Waals surface area contributed by atoms with E-state index in [1.54, 1.807) is 20.2 Å². The summed E-state index contributed by atoms with van der Waals surface area (Å²) in [5, 5.41) is 7.76. The summed E-state index contributed by atoms with van der Waals surface area (Å²) in [6.07, 6.45) is -2.84. The second-order valence-corrected chi connectivity index (χ2v) is 6.09. The lowest BCUT2D eigenvalue weighted by atomic mass is 10.1. The molecule has 142 valence electrons. The number of halogens is 3. The van der Waals surface area contributed by atoms with Gasteiger partial charge in [0, 0.05) is 24.5 Å². The van der Waals surface area contributed by atoms with Crippen molar-refractivity contribution in [2.45, 2.75) is 19.6 Å². The number of alkyl halides is 3. The van der Waals surface area contributed by atoms with Crippen molar-refractivity contribution in [3.05, 3.63) is 59.3 Å². The Hall–Kier alpha value is -3.03. The topological polar surface area (TPSA) is 58.2 Å². The van der Waals surface area contributed by atoms with E-state index >= 15 is 0 Å². The third-order valence-electron chi connectivity index (χ3n) is 4.11. The molecule has 0 saturated carbocycles. The monoisotopic (exact) mass is 377 g/mol. The van der Waals surface area contributed by atoms with Crippen molar-refractivity contribution in [1.29, 1.82) is 0 Å². The molecular formula is C19H18F3N3O2. The summed E-state index contributed by atoms with van der Waals surface area (Å²) in [4.78, 5) is 14.1. The zero-order valence-corrected chi connectivity index (χ0v) is 14.8. The minimum absolute atomic E-state index is 0.0702. The van der Waals surface area contributed by atoms with Crippen molar-refractivity contribution in [3.63, 3.8) is 0 Å². The highest BCUT2D eigenvalue weighted by Crippen LogP contribution is 2.37. The number of H-pyrrole nitrogens is 1. The summed E-state index contributed by atoms with van der Waals surface area (Å²) in [6.45, 7) is 1.96. The van der Waals surface area contributed by atoms with Gasteiger partial charge >= 0.3 is 6.18 Å². The molecule has 0 aliphatic carbocycles. The fourth-order valence-corrected chi connectivity index (χ4v) is 2.81. The van der Waals surface area contributed by atoms with Gasteiger partial charge in [-0.05, 0) is 36.8 Å². The number of carbonyl (C=O) groups is 1. The fourth-order valence-electron chi connectivity index (χ4n) is 2.81. The van der Waals surface area contributed by atoms with Crippen LogP contribution in [0.2, 0.25) is 0 Å². The number of aromatic nitrogens is 2. The maximum atomic E-state index is 13.1. The third kappa shape index (κ3) is 4.05. The van der Waals surface area contributed by atoms with Crippen LogP contribution in [-0.4, -0.2) is 34.7 Å². The van der Waals surface area contributed by atoms with Gasteiger partial charge in [-0.25, -0.2) is 0 Å². The largest absolute Gasteiger partial charge is 0.493 e. The van der Waals surface area contributed by atoms with Gasteiger partial charge < -0.3 is 9.64 Å². The van der Waals surface area contributed by atoms with E-state index in [4.69, 9.17) is 4.74 Å². The number of benzene rings is 2. The molecule has 3 rings (SSSR count). The number of fused-ring (bicyclic) bond motifs is 1. The first-order valence-electron chi connectivity index (χ1n) is 8.31. The minimum atomic E-state index is -4.54. The summed E-state index contributed by atoms with van der Waals surface area (Å²) in [6, 6.07) is 8.83. The molecule has 0 unspecified atom stereocenters. The number of ether oxygens (including phenoxy) is 1. The molecule has 3 aromatic rings. The molecule has 1 N–H and O–H groups in total. The third-order valence-corrected chi connectivity index (χ3v) is 4.11. The van der Waals surface area contributed by atoms with E-state index in [0.717, 1.165) is 28.6 Å². The molecule has 1 amide bonds. The Kier molecular flexibility index (Phi) is 5.07. The number of amides is 1. The molecule has 0 aliphatic rings. The Labute approximate surface area is 153 Å². The molecule has 0 atom stereocenters. The van der Waals surface area contributed by atoms with E-state index in [9.17, 15) is 18.0 Å². The molecular weight excluding hydrogens is 359 g/mol. The number of rotatable bonds is 5. The van der Waals surface area contributed by atoms with Crippen LogP contribution in [0.3, 0.4) is 0 Å². The Balaban J connectivity index is 1.82. The van der Waals surface area contributed by atoms with Crippen molar-refractivity contribution < 1.29 is 22.7 Å². The summed E-state index contributed by atoms with van der Waals surface area (Å²) in [7, 11) is 1.59. The van der Waals surface area contributed by atoms with E-state index in [1.807, 2.05) is 18.2 Å². The highest BCUT2D eigenvalue weighted by atomic mass is 19.4. The van der Waals surface area contributed by atoms with Gasteiger partial charge in [0.25, 0.3) is 5.91 Å². The van der Waals surface area contributed by atoms with Crippen LogP contribution in [0, 0.1) is 0 Å². The molecule has 0 bridgehead atoms. The summed E-state index contributed by atoms with van der Waals surface area (Å²) >= 11 is 0. The molecule has 27 heavy (non-hydrogen) atoms. The molecule has 0 fully saturated rings. The molecule has 8 heteroatoms. The number of hydrogen-bond acceptors (Lipinski definition) is 3. The van der Waals surface area contributed by atoms with E-state index < -0.39 is 17.6 Å². The van der Waals surface area contributed by atoms with E-state index in [0.29, 0.717) is 6.54 Å². The average Bonchev–Trinajstić information content (AvgIpc) is 3.08. The Morgan fingerprint density at radius 2 is 2.00 bits per heavy atom. The van der Waals surface area contributed by atoms with Gasteiger partial charge in [-0.3, -0.25) is 9.89 Å². The van der Waals surface area contributed by atoms with Crippen molar-refractivity contribution in [3.8, 4) is 5.75 Å². The number of hydrogen-bond donors (Lipinski definition) is 1. The van der Waals surface area contributed by atoms with Crippen LogP contribution in [0.25, 0.3) is 10.9 Å². The number of carbonyl (C=O) groups excluding carboxylic acids is 1. The highest BCUT2D eigenvalue weighted by molar-refractivity contribution is 5.94. The van der Waals surface area contributed by atoms with E-state index in [1.165, 1.54) is 11.0 Å². The van der Waals surface area contributed by atoms with Crippen molar-refractivity contribution >= 4 is 16.8 Å². The predicted octanol–water partition coefficient (Wildman–Crippen LogP) is 4.25. The van der Waals surface area contributed by atoms with Gasteiger partial charge in [-0.2, -0.15) is 18.3 Å². The number of aromatic amines is 1. The number of nitrogens with one attached hydrogen (secondary N) is 1. The van der Waals surface area contributed by atoms with Crippen molar-refractivity contribution in [2.24, 2.45) is 0 Å². The Morgan fingerprint density at radius 1 is 1.22 bits per heavy atom. The summed E-state index contributed by atoms with van der Waals surface area (Å²) in [5.74, 6) is -0.738. The molecule has 5 nitrogen and oxygen atoms in total. The van der Waals surface area contributed by atoms with Gasteiger partial charge in [0.1, 0.15) is 5.75 Å². The quantitative estimate of drug-likeness (QED) is 0.723. The van der Waals surface area contributed by atoms with Crippen LogP contribution in [0.4, 0.5) is 13.2 Å². The van der Waals surface area contributed by atoms with Crippen LogP contribution in [0.15, 0.2) is 42.6 Å². The molecule has 0 spiro atoms. The van der Waals surface area contributed by atoms with Gasteiger partial charge in [0.15, 0.2) is 0 Å². The smallest absolute Gasteiger partial charge is 0.419 e. The standard InChI is InChI=1S/C19H18F3N3O2/c1-3-27-17-9-13(6-7-15(17)19(20,21)22)18(26)25(2)11-12-4-5-14-10-23-24-16(14)8-12/h4-10H,3,11H2,1-2H3,(H,23,24). The molecule has 1 heterocycles. The van der Waals surface area contributed by atoms with Crippen molar-refractivity contribution in [1.82, 2.24) is 15.1 Å². The van der Waals surface area contributed by atoms with Crippen LogP contribution in [0.5, 0.6) is 5.75 Å². The predicted molar refractivity (Wildman–Crippen MR) is 94.5 cm³/mol. The second-order valence-electron chi connectivity index (χ2n) is 6.09. The second kappa shape index (κ2) is 7.30. The molecule has 0 saturated heterocycles. The minimum Gasteiger partial charge on any atom is -0.493 e. The SMILES string of the molecule is CCOc1cc(C(=O)N(C)Cc2ccc3cn[nH]c3c2)ccc1C(F)(F)F. The first-order valence-corrected chi connectivity index (χ1v) is 8.31. The van der Waals surface area contributed by atoms with Gasteiger partial charge in [0.05, 0.1) is 23.9 Å². The zero-order chi connectivity index (χ0) is 19.6.